The van der Waals surface area contributed by atoms with Crippen molar-refractivity contribution < 1.29 is 20.1 Å². The summed E-state index contributed by atoms with van der Waals surface area (Å²) in [5.74, 6) is 0.726. The molecule has 0 aliphatic rings. The molecule has 2 unspecified atom stereocenters. The molecule has 0 saturated heterocycles. The maximum atomic E-state index is 9.75. The third-order valence-corrected chi connectivity index (χ3v) is 3.00. The summed E-state index contributed by atoms with van der Waals surface area (Å²) in [6.07, 6.45) is 0.313. The number of rotatable bonds is 9. The van der Waals surface area contributed by atoms with Crippen LogP contribution < -0.4 is 10.1 Å². The normalized spacial score (nSPS) is 15.7. The van der Waals surface area contributed by atoms with Crippen molar-refractivity contribution in [3.05, 3.63) is 29.8 Å². The molecule has 0 fully saturated rings. The van der Waals surface area contributed by atoms with Crippen molar-refractivity contribution in [1.29, 1.82) is 0 Å². The minimum atomic E-state index is -1.17. The lowest BCUT2D eigenvalue weighted by Crippen LogP contribution is -2.44. The first-order chi connectivity index (χ1) is 9.46. The van der Waals surface area contributed by atoms with Crippen LogP contribution in [0.3, 0.4) is 0 Å². The Hall–Kier alpha value is -1.14. The molecule has 0 amide bonds. The van der Waals surface area contributed by atoms with E-state index in [4.69, 9.17) is 9.84 Å². The van der Waals surface area contributed by atoms with Gasteiger partial charge in [0.1, 0.15) is 18.5 Å². The number of ether oxygens (including phenoxy) is 1. The van der Waals surface area contributed by atoms with Crippen LogP contribution in [0, 0.1) is 0 Å². The van der Waals surface area contributed by atoms with Gasteiger partial charge in [0.2, 0.25) is 0 Å². The van der Waals surface area contributed by atoms with Crippen molar-refractivity contribution >= 4 is 0 Å². The average molecular weight is 283 g/mol. The lowest BCUT2D eigenvalue weighted by Gasteiger charge is -2.22. The van der Waals surface area contributed by atoms with E-state index in [9.17, 15) is 10.2 Å². The van der Waals surface area contributed by atoms with Gasteiger partial charge in [0, 0.05) is 13.1 Å². The van der Waals surface area contributed by atoms with Gasteiger partial charge in [0.15, 0.2) is 0 Å². The molecular weight excluding hydrogens is 258 g/mol. The summed E-state index contributed by atoms with van der Waals surface area (Å²) >= 11 is 0. The Morgan fingerprint density at radius 2 is 1.95 bits per heavy atom. The van der Waals surface area contributed by atoms with Gasteiger partial charge in [-0.15, -0.1) is 0 Å². The van der Waals surface area contributed by atoms with Gasteiger partial charge in [-0.1, -0.05) is 19.1 Å². The fourth-order valence-corrected chi connectivity index (χ4v) is 1.64. The maximum Gasteiger partial charge on any atom is 0.119 e. The third kappa shape index (κ3) is 6.34. The second-order valence-corrected chi connectivity index (χ2v) is 5.25. The molecule has 4 N–H and O–H groups in total. The Bertz CT molecular complexity index is 378. The van der Waals surface area contributed by atoms with E-state index < -0.39 is 11.7 Å². The summed E-state index contributed by atoms with van der Waals surface area (Å²) in [6.45, 7) is 3.98. The van der Waals surface area contributed by atoms with Crippen LogP contribution in [0.15, 0.2) is 24.3 Å². The average Bonchev–Trinajstić information content (AvgIpc) is 2.45. The predicted octanol–water partition coefficient (Wildman–Crippen LogP) is 0.322. The van der Waals surface area contributed by atoms with Gasteiger partial charge in [-0.3, -0.25) is 0 Å². The summed E-state index contributed by atoms with van der Waals surface area (Å²) in [7, 11) is 0. The van der Waals surface area contributed by atoms with Crippen LogP contribution in [-0.2, 0) is 6.42 Å². The van der Waals surface area contributed by atoms with Gasteiger partial charge < -0.3 is 25.4 Å². The first-order valence-corrected chi connectivity index (χ1v) is 6.90. The van der Waals surface area contributed by atoms with Gasteiger partial charge >= 0.3 is 0 Å². The zero-order valence-electron chi connectivity index (χ0n) is 12.2. The van der Waals surface area contributed by atoms with Crippen molar-refractivity contribution in [3.63, 3.8) is 0 Å². The molecule has 5 nitrogen and oxygen atoms in total. The zero-order valence-corrected chi connectivity index (χ0v) is 12.2. The largest absolute Gasteiger partial charge is 0.491 e. The van der Waals surface area contributed by atoms with E-state index in [2.05, 4.69) is 12.2 Å². The zero-order chi connectivity index (χ0) is 15.0. The number of aryl methyl sites for hydroxylation is 1. The minimum absolute atomic E-state index is 0.180. The number of aliphatic hydroxyl groups excluding tert-OH is 2. The monoisotopic (exact) mass is 283 g/mol. The highest BCUT2D eigenvalue weighted by atomic mass is 16.5. The number of hydrogen-bond acceptors (Lipinski definition) is 5. The summed E-state index contributed by atoms with van der Waals surface area (Å²) in [6, 6.07) is 7.77. The quantitative estimate of drug-likeness (QED) is 0.525. The molecule has 0 aromatic heterocycles. The van der Waals surface area contributed by atoms with Crippen LogP contribution in [0.4, 0.5) is 0 Å². The molecule has 1 rings (SSSR count). The molecule has 0 aliphatic heterocycles. The van der Waals surface area contributed by atoms with E-state index in [0.717, 1.165) is 12.2 Å². The highest BCUT2D eigenvalue weighted by molar-refractivity contribution is 5.27. The van der Waals surface area contributed by atoms with Gasteiger partial charge in [-0.2, -0.15) is 0 Å². The molecule has 5 heteroatoms. The van der Waals surface area contributed by atoms with E-state index in [0.29, 0.717) is 6.54 Å². The molecule has 2 atom stereocenters. The van der Waals surface area contributed by atoms with Crippen LogP contribution in [-0.4, -0.2) is 53.3 Å². The van der Waals surface area contributed by atoms with E-state index in [-0.39, 0.29) is 19.8 Å². The summed E-state index contributed by atoms with van der Waals surface area (Å²) in [5, 5.41) is 31.1. The SMILES string of the molecule is CCc1ccc(OCC(O)CNCC(C)(O)CO)cc1. The number of hydrogen-bond donors (Lipinski definition) is 4. The Labute approximate surface area is 120 Å². The van der Waals surface area contributed by atoms with Gasteiger partial charge in [0.05, 0.1) is 12.2 Å². The van der Waals surface area contributed by atoms with Crippen LogP contribution in [0.5, 0.6) is 5.75 Å². The van der Waals surface area contributed by atoms with E-state index in [1.807, 2.05) is 24.3 Å². The molecule has 1 aromatic rings. The lowest BCUT2D eigenvalue weighted by atomic mass is 10.1. The van der Waals surface area contributed by atoms with Crippen molar-refractivity contribution in [2.24, 2.45) is 0 Å². The Morgan fingerprint density at radius 1 is 1.30 bits per heavy atom. The molecule has 0 spiro atoms. The van der Waals surface area contributed by atoms with Crippen molar-refractivity contribution in [2.75, 3.05) is 26.3 Å². The molecule has 0 saturated carbocycles. The van der Waals surface area contributed by atoms with Gasteiger partial charge in [-0.05, 0) is 31.0 Å². The van der Waals surface area contributed by atoms with Crippen molar-refractivity contribution in [2.45, 2.75) is 32.0 Å². The fraction of sp³-hybridized carbons (Fsp3) is 0.600. The highest BCUT2D eigenvalue weighted by Gasteiger charge is 2.18. The third-order valence-electron chi connectivity index (χ3n) is 3.00. The van der Waals surface area contributed by atoms with E-state index in [1.54, 1.807) is 0 Å². The summed E-state index contributed by atoms with van der Waals surface area (Å²) in [5.41, 5.74) is 0.0714. The second kappa shape index (κ2) is 8.21. The molecule has 114 valence electrons. The maximum absolute atomic E-state index is 9.75. The van der Waals surface area contributed by atoms with Crippen molar-refractivity contribution in [3.8, 4) is 5.75 Å². The van der Waals surface area contributed by atoms with Gasteiger partial charge in [-0.25, -0.2) is 0 Å². The lowest BCUT2D eigenvalue weighted by molar-refractivity contribution is -0.000325. The van der Waals surface area contributed by atoms with E-state index in [1.165, 1.54) is 12.5 Å². The first kappa shape index (κ1) is 16.9. The smallest absolute Gasteiger partial charge is 0.119 e. The molecule has 20 heavy (non-hydrogen) atoms. The standard InChI is InChI=1S/C15H25NO4/c1-3-12-4-6-14(7-5-12)20-9-13(18)8-16-10-15(2,19)11-17/h4-7,13,16-19H,3,8-11H2,1-2H3. The Morgan fingerprint density at radius 3 is 2.50 bits per heavy atom. The Kier molecular flexibility index (Phi) is 6.95. The molecule has 0 radical (unpaired) electrons. The molecular formula is C15H25NO4. The number of benzene rings is 1. The van der Waals surface area contributed by atoms with E-state index >= 15 is 0 Å². The first-order valence-electron chi connectivity index (χ1n) is 6.90. The fourth-order valence-electron chi connectivity index (χ4n) is 1.64. The number of aliphatic hydroxyl groups is 3. The minimum Gasteiger partial charge on any atom is -0.491 e. The van der Waals surface area contributed by atoms with Crippen LogP contribution in [0.2, 0.25) is 0 Å². The number of nitrogens with one attached hydrogen (secondary N) is 1. The summed E-state index contributed by atoms with van der Waals surface area (Å²) < 4.78 is 5.47. The molecule has 0 bridgehead atoms. The Balaban J connectivity index is 2.23. The highest BCUT2D eigenvalue weighted by Crippen LogP contribution is 2.12. The molecule has 0 heterocycles. The topological polar surface area (TPSA) is 82.0 Å². The van der Waals surface area contributed by atoms with Crippen LogP contribution >= 0.6 is 0 Å². The molecule has 1 aromatic carbocycles. The van der Waals surface area contributed by atoms with Gasteiger partial charge in [0.25, 0.3) is 0 Å². The summed E-state index contributed by atoms with van der Waals surface area (Å²) in [4.78, 5) is 0. The van der Waals surface area contributed by atoms with Crippen LogP contribution in [0.1, 0.15) is 19.4 Å². The molecule has 0 aliphatic carbocycles. The second-order valence-electron chi connectivity index (χ2n) is 5.25. The predicted molar refractivity (Wildman–Crippen MR) is 77.9 cm³/mol. The van der Waals surface area contributed by atoms with Crippen molar-refractivity contribution in [1.82, 2.24) is 5.32 Å². The van der Waals surface area contributed by atoms with Crippen LogP contribution in [0.25, 0.3) is 0 Å².